The van der Waals surface area contributed by atoms with Gasteiger partial charge in [-0.15, -0.1) is 0 Å². The van der Waals surface area contributed by atoms with E-state index in [9.17, 15) is 0 Å². The first-order chi connectivity index (χ1) is 4.47. The van der Waals surface area contributed by atoms with Crippen LogP contribution in [0.5, 0.6) is 0 Å². The first kappa shape index (κ1) is 5.05. The molecular weight excluding hydrogens is 134 g/mol. The van der Waals surface area contributed by atoms with Crippen LogP contribution in [0.2, 0.25) is 0 Å². The summed E-state index contributed by atoms with van der Waals surface area (Å²) in [7, 11) is 0. The number of rotatable bonds is 0. The molecule has 0 aliphatic carbocycles. The lowest BCUT2D eigenvalue weighted by Crippen LogP contribution is -2.14. The standard InChI is InChI=1S/C5H5N3S/c1-2-6-5-7-4-9-8(5)3-1/h1-3H,4H2. The minimum atomic E-state index is 0.803. The third-order valence-electron chi connectivity index (χ3n) is 1.10. The van der Waals surface area contributed by atoms with Gasteiger partial charge in [0.1, 0.15) is 5.88 Å². The minimum Gasteiger partial charge on any atom is -0.258 e. The first-order valence-corrected chi connectivity index (χ1v) is 3.58. The predicted molar refractivity (Wildman–Crippen MR) is 39.4 cm³/mol. The van der Waals surface area contributed by atoms with Gasteiger partial charge in [0.05, 0.1) is 0 Å². The number of allylic oxidation sites excluding steroid dienone is 1. The van der Waals surface area contributed by atoms with Crippen LogP contribution in [0.4, 0.5) is 0 Å². The first-order valence-electron chi connectivity index (χ1n) is 2.64. The molecule has 0 aromatic rings. The van der Waals surface area contributed by atoms with E-state index in [4.69, 9.17) is 0 Å². The summed E-state index contributed by atoms with van der Waals surface area (Å²) < 4.78 is 1.96. The Hall–Kier alpha value is -0.770. The summed E-state index contributed by atoms with van der Waals surface area (Å²) in [6, 6.07) is 0. The van der Waals surface area contributed by atoms with Gasteiger partial charge in [-0.2, -0.15) is 0 Å². The van der Waals surface area contributed by atoms with Crippen LogP contribution in [-0.2, 0) is 0 Å². The van der Waals surface area contributed by atoms with Gasteiger partial charge in [0, 0.05) is 12.4 Å². The molecule has 2 aliphatic rings. The van der Waals surface area contributed by atoms with Crippen molar-refractivity contribution in [2.24, 2.45) is 9.98 Å². The van der Waals surface area contributed by atoms with Crippen LogP contribution in [0.3, 0.4) is 0 Å². The SMILES string of the molecule is C1=CN2SCN=C2N=C1. The molecule has 2 aliphatic heterocycles. The molecule has 0 radical (unpaired) electrons. The molecule has 0 amide bonds. The number of hydrogen-bond acceptors (Lipinski definition) is 4. The summed E-state index contributed by atoms with van der Waals surface area (Å²) in [4.78, 5) is 8.15. The van der Waals surface area contributed by atoms with Gasteiger partial charge >= 0.3 is 0 Å². The van der Waals surface area contributed by atoms with Gasteiger partial charge in [-0.1, -0.05) is 0 Å². The third kappa shape index (κ3) is 0.751. The Morgan fingerprint density at radius 2 is 2.67 bits per heavy atom. The lowest BCUT2D eigenvalue weighted by molar-refractivity contribution is 0.926. The van der Waals surface area contributed by atoms with Crippen LogP contribution in [0.15, 0.2) is 22.3 Å². The fraction of sp³-hybridized carbons (Fsp3) is 0.200. The molecule has 9 heavy (non-hydrogen) atoms. The summed E-state index contributed by atoms with van der Waals surface area (Å²) >= 11 is 1.66. The van der Waals surface area contributed by atoms with Gasteiger partial charge in [0.2, 0.25) is 5.96 Å². The largest absolute Gasteiger partial charge is 0.258 e. The Kier molecular flexibility index (Phi) is 1.05. The van der Waals surface area contributed by atoms with Crippen molar-refractivity contribution in [1.29, 1.82) is 0 Å². The second-order valence-corrected chi connectivity index (χ2v) is 2.57. The van der Waals surface area contributed by atoms with E-state index in [1.807, 2.05) is 16.6 Å². The molecule has 0 spiro atoms. The second kappa shape index (κ2) is 1.88. The highest BCUT2D eigenvalue weighted by Crippen LogP contribution is 2.20. The fourth-order valence-electron chi connectivity index (χ4n) is 0.710. The summed E-state index contributed by atoms with van der Waals surface area (Å²) in [6.07, 6.45) is 5.61. The zero-order valence-electron chi connectivity index (χ0n) is 4.69. The monoisotopic (exact) mass is 139 g/mol. The summed E-state index contributed by atoms with van der Waals surface area (Å²) in [5.41, 5.74) is 0. The maximum atomic E-state index is 4.11. The van der Waals surface area contributed by atoms with Crippen LogP contribution < -0.4 is 0 Å². The van der Waals surface area contributed by atoms with E-state index in [-0.39, 0.29) is 0 Å². The van der Waals surface area contributed by atoms with Crippen LogP contribution in [0.25, 0.3) is 0 Å². The van der Waals surface area contributed by atoms with Crippen molar-refractivity contribution < 1.29 is 0 Å². The molecule has 0 bridgehead atoms. The highest BCUT2D eigenvalue weighted by Gasteiger charge is 2.14. The second-order valence-electron chi connectivity index (χ2n) is 1.66. The van der Waals surface area contributed by atoms with Crippen molar-refractivity contribution in [2.75, 3.05) is 5.88 Å². The van der Waals surface area contributed by atoms with Crippen molar-refractivity contribution >= 4 is 24.1 Å². The summed E-state index contributed by atoms with van der Waals surface area (Å²) in [5, 5.41) is 0. The maximum absolute atomic E-state index is 4.11. The minimum absolute atomic E-state index is 0.803. The smallest absolute Gasteiger partial charge is 0.236 e. The molecule has 0 unspecified atom stereocenters. The zero-order valence-corrected chi connectivity index (χ0v) is 5.51. The highest BCUT2D eigenvalue weighted by atomic mass is 32.2. The van der Waals surface area contributed by atoms with E-state index in [2.05, 4.69) is 9.98 Å². The summed E-state index contributed by atoms with van der Waals surface area (Å²) in [6.45, 7) is 0. The van der Waals surface area contributed by atoms with Crippen LogP contribution in [0.1, 0.15) is 0 Å². The van der Waals surface area contributed by atoms with E-state index in [1.165, 1.54) is 0 Å². The zero-order chi connectivity index (χ0) is 6.10. The van der Waals surface area contributed by atoms with Crippen LogP contribution in [-0.4, -0.2) is 22.4 Å². The van der Waals surface area contributed by atoms with Crippen molar-refractivity contribution in [2.45, 2.75) is 0 Å². The van der Waals surface area contributed by atoms with Gasteiger partial charge in [-0.05, 0) is 18.0 Å². The summed E-state index contributed by atoms with van der Waals surface area (Å²) in [5.74, 6) is 1.62. The average molecular weight is 139 g/mol. The van der Waals surface area contributed by atoms with Crippen LogP contribution in [0, 0.1) is 0 Å². The lowest BCUT2D eigenvalue weighted by atomic mass is 10.6. The van der Waals surface area contributed by atoms with Gasteiger partial charge in [-0.3, -0.25) is 4.31 Å². The molecule has 4 heteroatoms. The molecule has 0 fully saturated rings. The highest BCUT2D eigenvalue weighted by molar-refractivity contribution is 7.97. The van der Waals surface area contributed by atoms with Crippen LogP contribution >= 0.6 is 11.9 Å². The molecule has 0 aromatic carbocycles. The van der Waals surface area contributed by atoms with Gasteiger partial charge in [0.25, 0.3) is 0 Å². The Labute approximate surface area is 57.3 Å². The van der Waals surface area contributed by atoms with Crippen molar-refractivity contribution in [3.63, 3.8) is 0 Å². The van der Waals surface area contributed by atoms with Crippen molar-refractivity contribution in [3.8, 4) is 0 Å². The lowest BCUT2D eigenvalue weighted by Gasteiger charge is -2.10. The van der Waals surface area contributed by atoms with Gasteiger partial charge in [0.15, 0.2) is 0 Å². The van der Waals surface area contributed by atoms with E-state index in [0.29, 0.717) is 0 Å². The van der Waals surface area contributed by atoms with E-state index in [0.717, 1.165) is 11.8 Å². The molecule has 0 atom stereocenters. The Morgan fingerprint density at radius 1 is 1.67 bits per heavy atom. The fourth-order valence-corrected chi connectivity index (χ4v) is 1.38. The quantitative estimate of drug-likeness (QED) is 0.465. The molecule has 0 saturated heterocycles. The Balaban J connectivity index is 2.33. The molecule has 0 N–H and O–H groups in total. The van der Waals surface area contributed by atoms with Gasteiger partial charge in [-0.25, -0.2) is 9.98 Å². The average Bonchev–Trinajstić information content (AvgIpc) is 2.33. The topological polar surface area (TPSA) is 28.0 Å². The molecular formula is C5H5N3S. The molecule has 0 aromatic heterocycles. The van der Waals surface area contributed by atoms with Crippen molar-refractivity contribution in [3.05, 3.63) is 12.3 Å². The number of hydrogen-bond donors (Lipinski definition) is 0. The Morgan fingerprint density at radius 3 is 3.56 bits per heavy atom. The number of fused-ring (bicyclic) bond motifs is 1. The van der Waals surface area contributed by atoms with Gasteiger partial charge < -0.3 is 0 Å². The number of nitrogens with zero attached hydrogens (tertiary/aromatic N) is 3. The number of guanidine groups is 1. The van der Waals surface area contributed by atoms with E-state index >= 15 is 0 Å². The maximum Gasteiger partial charge on any atom is 0.236 e. The predicted octanol–water partition coefficient (Wildman–Crippen LogP) is 0.862. The molecule has 2 heterocycles. The Bertz CT molecular complexity index is 203. The third-order valence-corrected chi connectivity index (χ3v) is 1.91. The number of aliphatic imine (C=N–C) groups is 2. The normalized spacial score (nSPS) is 22.2. The molecule has 2 rings (SSSR count). The molecule has 46 valence electrons. The van der Waals surface area contributed by atoms with Crippen molar-refractivity contribution in [1.82, 2.24) is 4.31 Å². The molecule has 0 saturated carbocycles. The molecule has 3 nitrogen and oxygen atoms in total. The van der Waals surface area contributed by atoms with E-state index in [1.54, 1.807) is 18.2 Å². The van der Waals surface area contributed by atoms with E-state index < -0.39 is 0 Å².